The fourth-order valence-electron chi connectivity index (χ4n) is 3.15. The smallest absolute Gasteiger partial charge is 0.416 e. The van der Waals surface area contributed by atoms with Gasteiger partial charge in [0, 0.05) is 13.1 Å². The Bertz CT molecular complexity index is 1020. The van der Waals surface area contributed by atoms with Crippen molar-refractivity contribution in [2.45, 2.75) is 58.7 Å². The minimum absolute atomic E-state index is 0.0594. The van der Waals surface area contributed by atoms with Crippen molar-refractivity contribution in [3.8, 4) is 5.75 Å². The molecular weight excluding hydrogens is 425 g/mol. The van der Waals surface area contributed by atoms with Gasteiger partial charge in [-0.15, -0.1) is 0 Å². The Kier molecular flexibility index (Phi) is 6.39. The van der Waals surface area contributed by atoms with Crippen LogP contribution in [0.15, 0.2) is 42.5 Å². The molecule has 0 bridgehead atoms. The van der Waals surface area contributed by atoms with Crippen LogP contribution in [-0.2, 0) is 28.8 Å². The standard InChI is InChI=1S/C23H25F3N2O4/c1-14-20(29)27-18-11-16(8-9-19(18)31-14)13-28(21(30)32-22(2,3)4)12-15-6-5-7-17(10-15)23(24,25)26/h5-11,14H,12-13H2,1-4H3,(H,27,29). The van der Waals surface area contributed by atoms with Gasteiger partial charge in [0.05, 0.1) is 11.3 Å². The van der Waals surface area contributed by atoms with Gasteiger partial charge in [0.1, 0.15) is 11.4 Å². The van der Waals surface area contributed by atoms with Gasteiger partial charge in [0.25, 0.3) is 5.91 Å². The second-order valence-electron chi connectivity index (χ2n) is 8.61. The summed E-state index contributed by atoms with van der Waals surface area (Å²) in [5.41, 5.74) is -0.137. The second-order valence-corrected chi connectivity index (χ2v) is 8.61. The fraction of sp³-hybridized carbons (Fsp3) is 0.391. The maximum absolute atomic E-state index is 13.1. The van der Waals surface area contributed by atoms with Gasteiger partial charge in [0.2, 0.25) is 0 Å². The van der Waals surface area contributed by atoms with E-state index >= 15 is 0 Å². The number of benzene rings is 2. The summed E-state index contributed by atoms with van der Waals surface area (Å²) in [5, 5.41) is 2.74. The lowest BCUT2D eigenvalue weighted by atomic mass is 10.1. The molecule has 0 fully saturated rings. The molecule has 1 heterocycles. The third-order valence-corrected chi connectivity index (χ3v) is 4.63. The number of rotatable bonds is 4. The molecule has 0 saturated heterocycles. The number of carbonyl (C=O) groups is 2. The van der Waals surface area contributed by atoms with Crippen LogP contribution in [0.2, 0.25) is 0 Å². The van der Waals surface area contributed by atoms with Gasteiger partial charge in [-0.25, -0.2) is 4.79 Å². The number of hydrogen-bond acceptors (Lipinski definition) is 4. The van der Waals surface area contributed by atoms with Crippen LogP contribution in [0.5, 0.6) is 5.75 Å². The maximum Gasteiger partial charge on any atom is 0.416 e. The quantitative estimate of drug-likeness (QED) is 0.681. The third-order valence-electron chi connectivity index (χ3n) is 4.63. The Morgan fingerprint density at radius 1 is 1.09 bits per heavy atom. The van der Waals surface area contributed by atoms with Crippen molar-refractivity contribution in [3.05, 3.63) is 59.2 Å². The van der Waals surface area contributed by atoms with Crippen LogP contribution in [-0.4, -0.2) is 28.6 Å². The number of fused-ring (bicyclic) bond motifs is 1. The van der Waals surface area contributed by atoms with Gasteiger partial charge in [0.15, 0.2) is 6.10 Å². The predicted molar refractivity (Wildman–Crippen MR) is 112 cm³/mol. The van der Waals surface area contributed by atoms with Crippen molar-refractivity contribution in [3.63, 3.8) is 0 Å². The van der Waals surface area contributed by atoms with Crippen LogP contribution in [0.4, 0.5) is 23.7 Å². The first-order valence-electron chi connectivity index (χ1n) is 10.1. The number of nitrogens with one attached hydrogen (secondary N) is 1. The van der Waals surface area contributed by atoms with Crippen LogP contribution in [0.3, 0.4) is 0 Å². The van der Waals surface area contributed by atoms with E-state index < -0.39 is 29.5 Å². The number of nitrogens with zero attached hydrogens (tertiary/aromatic N) is 1. The number of amides is 2. The third kappa shape index (κ3) is 5.93. The molecule has 2 aromatic rings. The Morgan fingerprint density at radius 2 is 1.75 bits per heavy atom. The molecule has 0 saturated carbocycles. The van der Waals surface area contributed by atoms with Crippen LogP contribution < -0.4 is 10.1 Å². The van der Waals surface area contributed by atoms with Gasteiger partial charge in [-0.05, 0) is 63.1 Å². The number of anilines is 1. The Hall–Kier alpha value is -3.23. The minimum atomic E-state index is -4.49. The molecule has 9 heteroatoms. The number of ether oxygens (including phenoxy) is 2. The molecule has 1 unspecified atom stereocenters. The van der Waals surface area contributed by atoms with Crippen LogP contribution >= 0.6 is 0 Å². The van der Waals surface area contributed by atoms with E-state index in [9.17, 15) is 22.8 Å². The lowest BCUT2D eigenvalue weighted by Gasteiger charge is -2.28. The summed E-state index contributed by atoms with van der Waals surface area (Å²) in [5.74, 6) is 0.213. The van der Waals surface area contributed by atoms with E-state index in [0.717, 1.165) is 12.1 Å². The van der Waals surface area contributed by atoms with E-state index in [1.807, 2.05) is 0 Å². The molecule has 2 amide bonds. The summed E-state index contributed by atoms with van der Waals surface area (Å²) in [6, 6.07) is 9.90. The molecule has 0 spiro atoms. The highest BCUT2D eigenvalue weighted by molar-refractivity contribution is 5.97. The van der Waals surface area contributed by atoms with E-state index in [-0.39, 0.29) is 19.0 Å². The molecule has 6 nitrogen and oxygen atoms in total. The molecule has 3 rings (SSSR count). The lowest BCUT2D eigenvalue weighted by molar-refractivity contribution is -0.137. The van der Waals surface area contributed by atoms with Crippen LogP contribution in [0.1, 0.15) is 44.4 Å². The van der Waals surface area contributed by atoms with Crippen molar-refractivity contribution >= 4 is 17.7 Å². The summed E-state index contributed by atoms with van der Waals surface area (Å²) in [6.07, 6.45) is -5.77. The van der Waals surface area contributed by atoms with Crippen molar-refractivity contribution in [2.24, 2.45) is 0 Å². The van der Waals surface area contributed by atoms with Crippen molar-refractivity contribution in [2.75, 3.05) is 5.32 Å². The van der Waals surface area contributed by atoms with Gasteiger partial charge >= 0.3 is 12.3 Å². The summed E-state index contributed by atoms with van der Waals surface area (Å²) < 4.78 is 50.3. The highest BCUT2D eigenvalue weighted by Gasteiger charge is 2.31. The monoisotopic (exact) mass is 450 g/mol. The molecule has 0 aromatic heterocycles. The predicted octanol–water partition coefficient (Wildman–Crippen LogP) is 5.36. The number of halogens is 3. The Morgan fingerprint density at radius 3 is 2.38 bits per heavy atom. The van der Waals surface area contributed by atoms with E-state index in [1.54, 1.807) is 45.9 Å². The highest BCUT2D eigenvalue weighted by atomic mass is 19.4. The molecule has 0 aliphatic carbocycles. The van der Waals surface area contributed by atoms with Crippen LogP contribution in [0, 0.1) is 0 Å². The number of hydrogen-bond donors (Lipinski definition) is 1. The van der Waals surface area contributed by atoms with Crippen molar-refractivity contribution in [1.82, 2.24) is 4.90 Å². The first-order chi connectivity index (χ1) is 14.8. The topological polar surface area (TPSA) is 67.9 Å². The molecule has 172 valence electrons. The minimum Gasteiger partial charge on any atom is -0.479 e. The van der Waals surface area contributed by atoms with E-state index in [1.165, 1.54) is 17.0 Å². The van der Waals surface area contributed by atoms with E-state index in [0.29, 0.717) is 22.6 Å². The molecule has 1 aliphatic rings. The average molecular weight is 450 g/mol. The van der Waals surface area contributed by atoms with E-state index in [2.05, 4.69) is 5.32 Å². The van der Waals surface area contributed by atoms with Crippen LogP contribution in [0.25, 0.3) is 0 Å². The summed E-state index contributed by atoms with van der Waals surface area (Å²) in [4.78, 5) is 26.0. The SMILES string of the molecule is CC1Oc2ccc(CN(Cc3cccc(C(F)(F)F)c3)C(=O)OC(C)(C)C)cc2NC1=O. The van der Waals surface area contributed by atoms with Crippen molar-refractivity contribution < 1.29 is 32.2 Å². The number of carbonyl (C=O) groups excluding carboxylic acids is 2. The largest absolute Gasteiger partial charge is 0.479 e. The zero-order valence-electron chi connectivity index (χ0n) is 18.2. The van der Waals surface area contributed by atoms with Gasteiger partial charge in [-0.2, -0.15) is 13.2 Å². The van der Waals surface area contributed by atoms with Gasteiger partial charge in [-0.1, -0.05) is 18.2 Å². The highest BCUT2D eigenvalue weighted by Crippen LogP contribution is 2.32. The summed E-state index contributed by atoms with van der Waals surface area (Å²) in [6.45, 7) is 6.73. The molecule has 1 atom stereocenters. The normalized spacial score (nSPS) is 16.0. The van der Waals surface area contributed by atoms with E-state index in [4.69, 9.17) is 9.47 Å². The first-order valence-corrected chi connectivity index (χ1v) is 10.1. The molecular formula is C23H25F3N2O4. The molecule has 1 aliphatic heterocycles. The second kappa shape index (κ2) is 8.72. The van der Waals surface area contributed by atoms with Crippen molar-refractivity contribution in [1.29, 1.82) is 0 Å². The zero-order chi connectivity index (χ0) is 23.7. The molecule has 0 radical (unpaired) electrons. The first kappa shape index (κ1) is 23.4. The average Bonchev–Trinajstić information content (AvgIpc) is 2.67. The molecule has 1 N–H and O–H groups in total. The Balaban J connectivity index is 1.86. The van der Waals surface area contributed by atoms with Gasteiger partial charge in [-0.3, -0.25) is 9.69 Å². The fourth-order valence-corrected chi connectivity index (χ4v) is 3.15. The molecule has 2 aromatic carbocycles. The Labute approximate surface area is 184 Å². The molecule has 32 heavy (non-hydrogen) atoms. The number of alkyl halides is 3. The summed E-state index contributed by atoms with van der Waals surface area (Å²) >= 11 is 0. The maximum atomic E-state index is 13.1. The zero-order valence-corrected chi connectivity index (χ0v) is 18.2. The summed E-state index contributed by atoms with van der Waals surface area (Å²) in [7, 11) is 0. The lowest BCUT2D eigenvalue weighted by Crippen LogP contribution is -2.36. The van der Waals surface area contributed by atoms with Gasteiger partial charge < -0.3 is 14.8 Å².